The Balaban J connectivity index is 1.79. The first-order chi connectivity index (χ1) is 10.8. The maximum Gasteiger partial charge on any atom is 0.236 e. The normalized spacial score (nSPS) is 11.7. The first-order valence-electron chi connectivity index (χ1n) is 6.51. The number of rotatable bonds is 4. The van der Waals surface area contributed by atoms with E-state index in [0.717, 1.165) is 6.26 Å². The van der Waals surface area contributed by atoms with Gasteiger partial charge in [0.25, 0.3) is 0 Å². The van der Waals surface area contributed by atoms with E-state index in [0.29, 0.717) is 21.2 Å². The van der Waals surface area contributed by atoms with E-state index in [9.17, 15) is 13.2 Å². The first kappa shape index (κ1) is 15.6. The zero-order valence-electron chi connectivity index (χ0n) is 12.2. The van der Waals surface area contributed by atoms with Crippen LogP contribution in [0.4, 0.5) is 5.13 Å². The highest BCUT2D eigenvalue weighted by atomic mass is 32.2. The molecular weight excluding hydrogens is 340 g/mol. The van der Waals surface area contributed by atoms with Gasteiger partial charge in [-0.3, -0.25) is 4.79 Å². The minimum atomic E-state index is -3.28. The lowest BCUT2D eigenvalue weighted by Crippen LogP contribution is -2.14. The smallest absolute Gasteiger partial charge is 0.236 e. The van der Waals surface area contributed by atoms with Gasteiger partial charge in [0, 0.05) is 6.26 Å². The Kier molecular flexibility index (Phi) is 3.86. The molecule has 2 aromatic heterocycles. The van der Waals surface area contributed by atoms with Crippen molar-refractivity contribution >= 4 is 42.4 Å². The van der Waals surface area contributed by atoms with E-state index in [1.165, 1.54) is 17.4 Å². The van der Waals surface area contributed by atoms with Gasteiger partial charge in [0.15, 0.2) is 20.8 Å². The predicted molar refractivity (Wildman–Crippen MR) is 84.1 cm³/mol. The lowest BCUT2D eigenvalue weighted by Gasteiger charge is -1.96. The van der Waals surface area contributed by atoms with Gasteiger partial charge in [-0.25, -0.2) is 13.4 Å². The number of sulfone groups is 1. The number of aryl methyl sites for hydroxylation is 1. The topological polar surface area (TPSA) is 115 Å². The highest BCUT2D eigenvalue weighted by molar-refractivity contribution is 7.90. The average molecular weight is 352 g/mol. The predicted octanol–water partition coefficient (Wildman–Crippen LogP) is 1.57. The summed E-state index contributed by atoms with van der Waals surface area (Å²) in [6.07, 6.45) is 1.09. The van der Waals surface area contributed by atoms with Gasteiger partial charge in [-0.15, -0.1) is 0 Å². The Labute approximate surface area is 135 Å². The van der Waals surface area contributed by atoms with Crippen molar-refractivity contribution < 1.29 is 17.7 Å². The quantitative estimate of drug-likeness (QED) is 0.758. The zero-order chi connectivity index (χ0) is 16.6. The lowest BCUT2D eigenvalue weighted by atomic mass is 10.3. The summed E-state index contributed by atoms with van der Waals surface area (Å²) in [5.41, 5.74) is 0.617. The van der Waals surface area contributed by atoms with Crippen LogP contribution in [0.3, 0.4) is 0 Å². The summed E-state index contributed by atoms with van der Waals surface area (Å²) >= 11 is 1.20. The molecule has 0 saturated carbocycles. The molecule has 2 heterocycles. The Bertz CT molecular complexity index is 990. The number of benzene rings is 1. The number of aromatic nitrogens is 3. The minimum Gasteiger partial charge on any atom is -0.339 e. The van der Waals surface area contributed by atoms with Crippen LogP contribution in [0.5, 0.6) is 0 Å². The van der Waals surface area contributed by atoms with Crippen LogP contribution in [-0.4, -0.2) is 35.7 Å². The SMILES string of the molecule is Cc1noc(CC(=O)Nc2nc3ccc(S(C)(=O)=O)cc3s2)n1. The highest BCUT2D eigenvalue weighted by Gasteiger charge is 2.14. The molecule has 120 valence electrons. The first-order valence-corrected chi connectivity index (χ1v) is 9.22. The number of nitrogens with one attached hydrogen (secondary N) is 1. The van der Waals surface area contributed by atoms with E-state index in [-0.39, 0.29) is 23.1 Å². The maximum atomic E-state index is 11.9. The average Bonchev–Trinajstić information content (AvgIpc) is 3.02. The molecule has 1 amide bonds. The fraction of sp³-hybridized carbons (Fsp3) is 0.231. The van der Waals surface area contributed by atoms with Crippen molar-refractivity contribution in [3.63, 3.8) is 0 Å². The van der Waals surface area contributed by atoms with E-state index >= 15 is 0 Å². The monoisotopic (exact) mass is 352 g/mol. The van der Waals surface area contributed by atoms with E-state index in [4.69, 9.17) is 4.52 Å². The number of nitrogens with zero attached hydrogens (tertiary/aromatic N) is 3. The molecule has 3 aromatic rings. The molecule has 0 aliphatic rings. The van der Waals surface area contributed by atoms with E-state index in [1.807, 2.05) is 0 Å². The molecule has 0 atom stereocenters. The summed E-state index contributed by atoms with van der Waals surface area (Å²) in [5.74, 6) is 0.345. The van der Waals surface area contributed by atoms with Crippen LogP contribution in [0.25, 0.3) is 10.2 Å². The standard InChI is InChI=1S/C13H12N4O4S2/c1-7-14-12(21-17-7)6-11(18)16-13-15-9-4-3-8(23(2,19)20)5-10(9)22-13/h3-5H,6H2,1-2H3,(H,15,16,18). The second-order valence-electron chi connectivity index (χ2n) is 4.88. The third-order valence-electron chi connectivity index (χ3n) is 2.92. The van der Waals surface area contributed by atoms with Crippen molar-refractivity contribution in [2.45, 2.75) is 18.2 Å². The minimum absolute atomic E-state index is 0.0502. The van der Waals surface area contributed by atoms with Gasteiger partial charge in [-0.05, 0) is 25.1 Å². The number of fused-ring (bicyclic) bond motifs is 1. The number of thiazole rings is 1. The van der Waals surface area contributed by atoms with Gasteiger partial charge in [0.2, 0.25) is 11.8 Å². The second-order valence-corrected chi connectivity index (χ2v) is 7.93. The molecule has 0 saturated heterocycles. The molecule has 0 fully saturated rings. The number of carbonyl (C=O) groups excluding carboxylic acids is 1. The molecule has 8 nitrogen and oxygen atoms in total. The molecule has 1 N–H and O–H groups in total. The molecule has 10 heteroatoms. The highest BCUT2D eigenvalue weighted by Crippen LogP contribution is 2.28. The van der Waals surface area contributed by atoms with E-state index < -0.39 is 9.84 Å². The molecule has 3 rings (SSSR count). The molecule has 0 unspecified atom stereocenters. The van der Waals surface area contributed by atoms with E-state index in [2.05, 4.69) is 20.4 Å². The Hall–Kier alpha value is -2.33. The van der Waals surface area contributed by atoms with Gasteiger partial charge in [-0.1, -0.05) is 16.5 Å². The van der Waals surface area contributed by atoms with Gasteiger partial charge >= 0.3 is 0 Å². The largest absolute Gasteiger partial charge is 0.339 e. The lowest BCUT2D eigenvalue weighted by molar-refractivity contribution is -0.115. The second kappa shape index (κ2) is 5.70. The van der Waals surface area contributed by atoms with Gasteiger partial charge in [-0.2, -0.15) is 4.98 Å². The van der Waals surface area contributed by atoms with Crippen molar-refractivity contribution in [1.29, 1.82) is 0 Å². The van der Waals surface area contributed by atoms with Crippen LogP contribution in [0.1, 0.15) is 11.7 Å². The molecule has 0 spiro atoms. The van der Waals surface area contributed by atoms with Gasteiger partial charge in [0.05, 0.1) is 15.1 Å². The molecule has 0 bridgehead atoms. The van der Waals surface area contributed by atoms with Crippen LogP contribution in [0.2, 0.25) is 0 Å². The van der Waals surface area contributed by atoms with Crippen molar-refractivity contribution in [3.8, 4) is 0 Å². The third kappa shape index (κ3) is 3.54. The number of hydrogen-bond donors (Lipinski definition) is 1. The molecule has 0 radical (unpaired) electrons. The molecule has 0 aliphatic heterocycles. The summed E-state index contributed by atoms with van der Waals surface area (Å²) in [4.78, 5) is 20.3. The van der Waals surface area contributed by atoms with E-state index in [1.54, 1.807) is 19.1 Å². The summed E-state index contributed by atoms with van der Waals surface area (Å²) in [7, 11) is -3.28. The number of carbonyl (C=O) groups is 1. The van der Waals surface area contributed by atoms with Crippen LogP contribution < -0.4 is 5.32 Å². The summed E-state index contributed by atoms with van der Waals surface area (Å²) < 4.78 is 28.7. The van der Waals surface area contributed by atoms with Gasteiger partial charge < -0.3 is 9.84 Å². The molecule has 23 heavy (non-hydrogen) atoms. The molecule has 1 aromatic carbocycles. The Morgan fingerprint density at radius 2 is 2.13 bits per heavy atom. The number of amides is 1. The molecule has 0 aliphatic carbocycles. The Morgan fingerprint density at radius 3 is 2.78 bits per heavy atom. The van der Waals surface area contributed by atoms with Crippen LogP contribution in [-0.2, 0) is 21.1 Å². The van der Waals surface area contributed by atoms with Crippen molar-refractivity contribution in [2.24, 2.45) is 0 Å². The van der Waals surface area contributed by atoms with Crippen LogP contribution in [0.15, 0.2) is 27.6 Å². The molecular formula is C13H12N4O4S2. The fourth-order valence-electron chi connectivity index (χ4n) is 1.90. The van der Waals surface area contributed by atoms with Crippen molar-refractivity contribution in [3.05, 3.63) is 29.9 Å². The van der Waals surface area contributed by atoms with Gasteiger partial charge in [0.1, 0.15) is 6.42 Å². The fourth-order valence-corrected chi connectivity index (χ4v) is 3.54. The number of hydrogen-bond acceptors (Lipinski definition) is 8. The summed E-state index contributed by atoms with van der Waals surface area (Å²) in [5, 5.41) is 6.63. The summed E-state index contributed by atoms with van der Waals surface area (Å²) in [6.45, 7) is 1.66. The third-order valence-corrected chi connectivity index (χ3v) is 4.96. The summed E-state index contributed by atoms with van der Waals surface area (Å²) in [6, 6.07) is 4.64. The maximum absolute atomic E-state index is 11.9. The van der Waals surface area contributed by atoms with Crippen LogP contribution >= 0.6 is 11.3 Å². The zero-order valence-corrected chi connectivity index (χ0v) is 13.9. The number of anilines is 1. The van der Waals surface area contributed by atoms with Crippen molar-refractivity contribution in [1.82, 2.24) is 15.1 Å². The van der Waals surface area contributed by atoms with Crippen molar-refractivity contribution in [2.75, 3.05) is 11.6 Å². The van der Waals surface area contributed by atoms with Crippen LogP contribution in [0, 0.1) is 6.92 Å². The Morgan fingerprint density at radius 1 is 1.35 bits per heavy atom.